The Kier molecular flexibility index (Phi) is 9.67. The number of imidazole rings is 1. The number of hydrogen-bond acceptors (Lipinski definition) is 8. The molecule has 1 aliphatic carbocycles. The Morgan fingerprint density at radius 3 is 2.55 bits per heavy atom. The van der Waals surface area contributed by atoms with Crippen LogP contribution in [0.5, 0.6) is 5.75 Å². The molecule has 1 unspecified atom stereocenters. The standard InChI is InChI=1S/C39H32N8O4.C2H6/c1-23-19-33(46-18-6-17-42-46)44-37-34(23)45-36(29-9-5-16-41-35(29)40)47(37)27-12-13-28-25(20-27)10-14-31(28)43-38(48)26-11-15-32(30(21-26)39(49)50)51-22-24-7-3-2-4-8-24;1-2/h2-9,11-13,15-21,31H,10,14,22H2,1H3,(H2,40,41)(H,43,48)(H,49,50);1-2H3. The minimum atomic E-state index is -1.17. The minimum Gasteiger partial charge on any atom is -0.488 e. The number of nitrogens with one attached hydrogen (secondary N) is 1. The quantitative estimate of drug-likeness (QED) is 0.140. The summed E-state index contributed by atoms with van der Waals surface area (Å²) in [5.41, 5.74) is 13.3. The number of carboxylic acids is 1. The number of amides is 1. The summed E-state index contributed by atoms with van der Waals surface area (Å²) in [6.07, 6.45) is 6.60. The van der Waals surface area contributed by atoms with Crippen LogP contribution in [-0.2, 0) is 13.0 Å². The third kappa shape index (κ3) is 6.81. The molecule has 266 valence electrons. The molecule has 1 amide bonds. The summed E-state index contributed by atoms with van der Waals surface area (Å²) in [7, 11) is 0. The lowest BCUT2D eigenvalue weighted by Crippen LogP contribution is -2.27. The Labute approximate surface area is 305 Å². The SMILES string of the molecule is CC.Cc1cc(-n2cccn2)nc2c1nc(-c1cccnc1N)n2-c1ccc2c(c1)CCC2NC(=O)c1ccc(OCc2ccccc2)c(C(=O)O)c1. The van der Waals surface area contributed by atoms with Gasteiger partial charge in [-0.3, -0.25) is 9.36 Å². The molecule has 7 aromatic rings. The maximum atomic E-state index is 13.5. The van der Waals surface area contributed by atoms with Gasteiger partial charge in [0.05, 0.1) is 11.6 Å². The summed E-state index contributed by atoms with van der Waals surface area (Å²) >= 11 is 0. The molecular weight excluding hydrogens is 669 g/mol. The van der Waals surface area contributed by atoms with Gasteiger partial charge in [-0.15, -0.1) is 0 Å². The number of aryl methyl sites for hydroxylation is 2. The predicted molar refractivity (Wildman–Crippen MR) is 202 cm³/mol. The summed E-state index contributed by atoms with van der Waals surface area (Å²) < 4.78 is 9.51. The number of fused-ring (bicyclic) bond motifs is 2. The van der Waals surface area contributed by atoms with E-state index < -0.39 is 5.97 Å². The zero-order valence-corrected chi connectivity index (χ0v) is 29.5. The van der Waals surface area contributed by atoms with Crippen molar-refractivity contribution in [2.75, 3.05) is 5.73 Å². The molecule has 8 rings (SSSR count). The molecule has 4 N–H and O–H groups in total. The largest absolute Gasteiger partial charge is 0.488 e. The van der Waals surface area contributed by atoms with Gasteiger partial charge in [0.1, 0.15) is 29.3 Å². The van der Waals surface area contributed by atoms with E-state index in [1.165, 1.54) is 12.1 Å². The Balaban J connectivity index is 0.00000214. The van der Waals surface area contributed by atoms with Crippen molar-refractivity contribution < 1.29 is 19.4 Å². The fraction of sp³-hybridized carbons (Fsp3) is 0.171. The van der Waals surface area contributed by atoms with Gasteiger partial charge in [-0.2, -0.15) is 5.10 Å². The molecule has 12 heteroatoms. The topological polar surface area (TPSA) is 163 Å². The van der Waals surface area contributed by atoms with E-state index in [2.05, 4.69) is 21.5 Å². The smallest absolute Gasteiger partial charge is 0.339 e. The normalized spacial score (nSPS) is 13.2. The molecule has 4 heterocycles. The first-order valence-electron chi connectivity index (χ1n) is 17.4. The van der Waals surface area contributed by atoms with Crippen LogP contribution in [0.3, 0.4) is 0 Å². The van der Waals surface area contributed by atoms with E-state index in [0.717, 1.165) is 39.9 Å². The molecule has 0 spiro atoms. The Morgan fingerprint density at radius 1 is 0.962 bits per heavy atom. The van der Waals surface area contributed by atoms with Crippen molar-refractivity contribution in [2.24, 2.45) is 0 Å². The summed E-state index contributed by atoms with van der Waals surface area (Å²) in [5.74, 6) is 0.272. The summed E-state index contributed by atoms with van der Waals surface area (Å²) in [6.45, 7) is 6.20. The van der Waals surface area contributed by atoms with Gasteiger partial charge >= 0.3 is 5.97 Å². The van der Waals surface area contributed by atoms with Crippen LogP contribution in [0.1, 0.15) is 69.3 Å². The van der Waals surface area contributed by atoms with Gasteiger partial charge in [0.2, 0.25) is 0 Å². The highest BCUT2D eigenvalue weighted by atomic mass is 16.5. The highest BCUT2D eigenvalue weighted by Gasteiger charge is 2.27. The molecule has 0 saturated heterocycles. The van der Waals surface area contributed by atoms with Gasteiger partial charge in [0, 0.05) is 29.8 Å². The van der Waals surface area contributed by atoms with Crippen molar-refractivity contribution >= 4 is 28.9 Å². The molecule has 0 bridgehead atoms. The number of pyridine rings is 2. The van der Waals surface area contributed by atoms with Gasteiger partial charge in [-0.25, -0.2) is 24.4 Å². The third-order valence-electron chi connectivity index (χ3n) is 9.09. The zero-order valence-electron chi connectivity index (χ0n) is 29.5. The second kappa shape index (κ2) is 14.8. The van der Waals surface area contributed by atoms with Crippen molar-refractivity contribution in [1.82, 2.24) is 34.6 Å². The third-order valence-corrected chi connectivity index (χ3v) is 9.09. The number of hydrogen-bond donors (Lipinski definition) is 3. The lowest BCUT2D eigenvalue weighted by atomic mass is 10.1. The van der Waals surface area contributed by atoms with E-state index in [4.69, 9.17) is 20.4 Å². The monoisotopic (exact) mass is 706 g/mol. The lowest BCUT2D eigenvalue weighted by molar-refractivity contribution is 0.0691. The number of nitrogen functional groups attached to an aromatic ring is 1. The first-order valence-corrected chi connectivity index (χ1v) is 17.4. The first-order chi connectivity index (χ1) is 25.8. The molecule has 0 radical (unpaired) electrons. The molecule has 1 atom stereocenters. The highest BCUT2D eigenvalue weighted by molar-refractivity contribution is 5.99. The number of carbonyl (C=O) groups is 2. The molecular formula is C41H38N8O4. The van der Waals surface area contributed by atoms with Gasteiger partial charge in [0.25, 0.3) is 5.91 Å². The maximum Gasteiger partial charge on any atom is 0.339 e. The van der Waals surface area contributed by atoms with Gasteiger partial charge in [0.15, 0.2) is 17.3 Å². The Bertz CT molecular complexity index is 2440. The molecule has 0 saturated carbocycles. The van der Waals surface area contributed by atoms with E-state index in [1.807, 2.05) is 98.3 Å². The van der Waals surface area contributed by atoms with E-state index >= 15 is 0 Å². The molecule has 53 heavy (non-hydrogen) atoms. The fourth-order valence-corrected chi connectivity index (χ4v) is 6.57. The van der Waals surface area contributed by atoms with E-state index in [0.29, 0.717) is 35.1 Å². The molecule has 0 fully saturated rings. The number of rotatable bonds is 9. The molecule has 3 aromatic carbocycles. The minimum absolute atomic E-state index is 0.0766. The Hall–Kier alpha value is -6.82. The van der Waals surface area contributed by atoms with Crippen LogP contribution in [0.15, 0.2) is 110 Å². The van der Waals surface area contributed by atoms with Crippen molar-refractivity contribution in [3.63, 3.8) is 0 Å². The average molecular weight is 707 g/mol. The highest BCUT2D eigenvalue weighted by Crippen LogP contribution is 2.37. The summed E-state index contributed by atoms with van der Waals surface area (Å²) in [5, 5.41) is 17.4. The van der Waals surface area contributed by atoms with Crippen molar-refractivity contribution in [3.8, 4) is 28.6 Å². The van der Waals surface area contributed by atoms with Gasteiger partial charge < -0.3 is 20.9 Å². The molecule has 4 aromatic heterocycles. The molecule has 1 aliphatic rings. The number of carbonyl (C=O) groups excluding carboxylic acids is 1. The van der Waals surface area contributed by atoms with Crippen LogP contribution in [0.4, 0.5) is 5.82 Å². The zero-order chi connectivity index (χ0) is 37.1. The number of carboxylic acid groups (broad SMARTS) is 1. The number of nitrogens with two attached hydrogens (primary N) is 1. The predicted octanol–water partition coefficient (Wildman–Crippen LogP) is 7.28. The van der Waals surface area contributed by atoms with Crippen LogP contribution in [0.25, 0.3) is 34.1 Å². The number of nitrogens with zero attached hydrogens (tertiary/aromatic N) is 6. The number of anilines is 1. The summed E-state index contributed by atoms with van der Waals surface area (Å²) in [6, 6.07) is 27.3. The fourth-order valence-electron chi connectivity index (χ4n) is 6.57. The van der Waals surface area contributed by atoms with Crippen molar-refractivity contribution in [1.29, 1.82) is 0 Å². The van der Waals surface area contributed by atoms with Crippen LogP contribution in [0, 0.1) is 6.92 Å². The van der Waals surface area contributed by atoms with Gasteiger partial charge in [-0.05, 0) is 96.6 Å². The van der Waals surface area contributed by atoms with Crippen LogP contribution >= 0.6 is 0 Å². The van der Waals surface area contributed by atoms with Crippen LogP contribution in [-0.4, -0.2) is 46.3 Å². The van der Waals surface area contributed by atoms with Crippen molar-refractivity contribution in [3.05, 3.63) is 143 Å². The second-order valence-corrected chi connectivity index (χ2v) is 12.4. The maximum absolute atomic E-state index is 13.5. The number of aromatic carboxylic acids is 1. The number of ether oxygens (including phenoxy) is 1. The Morgan fingerprint density at radius 2 is 1.79 bits per heavy atom. The average Bonchev–Trinajstić information content (AvgIpc) is 3.95. The van der Waals surface area contributed by atoms with Crippen molar-refractivity contribution in [2.45, 2.75) is 46.3 Å². The molecule has 0 aliphatic heterocycles. The van der Waals surface area contributed by atoms with E-state index in [-0.39, 0.29) is 35.4 Å². The number of benzene rings is 3. The lowest BCUT2D eigenvalue weighted by Gasteiger charge is -2.16. The van der Waals surface area contributed by atoms with Crippen LogP contribution in [0.2, 0.25) is 0 Å². The van der Waals surface area contributed by atoms with Gasteiger partial charge in [-0.1, -0.05) is 50.2 Å². The number of aromatic nitrogens is 6. The van der Waals surface area contributed by atoms with E-state index in [1.54, 1.807) is 23.1 Å². The molecule has 12 nitrogen and oxygen atoms in total. The van der Waals surface area contributed by atoms with Crippen LogP contribution < -0.4 is 15.8 Å². The van der Waals surface area contributed by atoms with E-state index in [9.17, 15) is 14.7 Å². The summed E-state index contributed by atoms with van der Waals surface area (Å²) in [4.78, 5) is 39.9. The first kappa shape index (κ1) is 34.6. The second-order valence-electron chi connectivity index (χ2n) is 12.4.